The number of aliphatic hydroxyl groups is 1. The molecule has 1 aliphatic rings. The second-order valence-electron chi connectivity index (χ2n) is 4.53. The average Bonchev–Trinajstić information content (AvgIpc) is 2.39. The van der Waals surface area contributed by atoms with Crippen molar-refractivity contribution in [1.82, 2.24) is 9.97 Å². The second kappa shape index (κ2) is 5.23. The Kier molecular flexibility index (Phi) is 3.68. The number of carboxylic acids is 1. The summed E-state index contributed by atoms with van der Waals surface area (Å²) in [5.41, 5.74) is 0.575. The lowest BCUT2D eigenvalue weighted by Crippen LogP contribution is -2.25. The Hall–Kier alpha value is -1.49. The van der Waals surface area contributed by atoms with Crippen molar-refractivity contribution in [2.75, 3.05) is 0 Å². The Morgan fingerprint density at radius 1 is 1.29 bits per heavy atom. The van der Waals surface area contributed by atoms with E-state index in [9.17, 15) is 9.90 Å². The number of hydrogen-bond donors (Lipinski definition) is 2. The summed E-state index contributed by atoms with van der Waals surface area (Å²) < 4.78 is 0. The van der Waals surface area contributed by atoms with Crippen molar-refractivity contribution in [2.45, 2.75) is 31.8 Å². The molecule has 1 heterocycles. The summed E-state index contributed by atoms with van der Waals surface area (Å²) in [6, 6.07) is 0. The first-order valence-corrected chi connectivity index (χ1v) is 5.85. The van der Waals surface area contributed by atoms with Gasteiger partial charge in [0.1, 0.15) is 6.10 Å². The van der Waals surface area contributed by atoms with Crippen LogP contribution in [-0.2, 0) is 4.79 Å². The van der Waals surface area contributed by atoms with Crippen LogP contribution in [0, 0.1) is 11.8 Å². The molecule has 0 amide bonds. The largest absolute Gasteiger partial charge is 0.481 e. The summed E-state index contributed by atoms with van der Waals surface area (Å²) in [7, 11) is 0. The van der Waals surface area contributed by atoms with Crippen LogP contribution in [0.25, 0.3) is 0 Å². The predicted octanol–water partition coefficient (Wildman–Crippen LogP) is 1.40. The number of aromatic nitrogens is 2. The number of carbonyl (C=O) groups is 1. The fraction of sp³-hybridized carbons (Fsp3) is 0.583. The minimum atomic E-state index is -0.725. The third-order valence-electron chi connectivity index (χ3n) is 3.45. The molecule has 92 valence electrons. The molecular weight excluding hydrogens is 220 g/mol. The van der Waals surface area contributed by atoms with Gasteiger partial charge in [0.2, 0.25) is 0 Å². The van der Waals surface area contributed by atoms with Gasteiger partial charge in [0.15, 0.2) is 0 Å². The minimum Gasteiger partial charge on any atom is -0.481 e. The van der Waals surface area contributed by atoms with E-state index in [1.54, 1.807) is 18.6 Å². The zero-order chi connectivity index (χ0) is 12.3. The van der Waals surface area contributed by atoms with Crippen LogP contribution in [0.5, 0.6) is 0 Å². The Balaban J connectivity index is 1.95. The number of aliphatic hydroxyl groups excluding tert-OH is 1. The highest BCUT2D eigenvalue weighted by molar-refractivity contribution is 5.69. The first-order valence-electron chi connectivity index (χ1n) is 5.85. The van der Waals surface area contributed by atoms with Crippen molar-refractivity contribution in [2.24, 2.45) is 11.8 Å². The number of aliphatic carboxylic acids is 1. The molecule has 0 bridgehead atoms. The monoisotopic (exact) mass is 236 g/mol. The summed E-state index contributed by atoms with van der Waals surface area (Å²) in [5.74, 6) is -0.875. The van der Waals surface area contributed by atoms with Gasteiger partial charge in [-0.05, 0) is 31.6 Å². The highest BCUT2D eigenvalue weighted by Crippen LogP contribution is 2.36. The highest BCUT2D eigenvalue weighted by Gasteiger charge is 2.30. The van der Waals surface area contributed by atoms with Gasteiger partial charge in [-0.15, -0.1) is 0 Å². The van der Waals surface area contributed by atoms with E-state index >= 15 is 0 Å². The number of hydrogen-bond acceptors (Lipinski definition) is 4. The van der Waals surface area contributed by atoms with E-state index in [2.05, 4.69) is 9.97 Å². The van der Waals surface area contributed by atoms with Crippen molar-refractivity contribution >= 4 is 5.97 Å². The van der Waals surface area contributed by atoms with Gasteiger partial charge in [0.05, 0.1) is 17.8 Å². The van der Waals surface area contributed by atoms with Crippen LogP contribution in [-0.4, -0.2) is 26.2 Å². The molecule has 2 N–H and O–H groups in total. The van der Waals surface area contributed by atoms with Crippen LogP contribution < -0.4 is 0 Å². The van der Waals surface area contributed by atoms with Gasteiger partial charge in [-0.3, -0.25) is 14.8 Å². The van der Waals surface area contributed by atoms with Crippen LogP contribution in [0.4, 0.5) is 0 Å². The molecule has 1 aliphatic carbocycles. The van der Waals surface area contributed by atoms with Crippen LogP contribution >= 0.6 is 0 Å². The van der Waals surface area contributed by atoms with Crippen molar-refractivity contribution in [3.8, 4) is 0 Å². The molecule has 1 fully saturated rings. The SMILES string of the molecule is O=C(O)C1CCC(C(O)c2cnccn2)CC1. The summed E-state index contributed by atoms with van der Waals surface area (Å²) in [4.78, 5) is 18.8. The van der Waals surface area contributed by atoms with Gasteiger partial charge in [0, 0.05) is 12.4 Å². The molecule has 5 nitrogen and oxygen atoms in total. The number of carboxylic acid groups (broad SMARTS) is 1. The van der Waals surface area contributed by atoms with Gasteiger partial charge < -0.3 is 10.2 Å². The minimum absolute atomic E-state index is 0.0994. The molecule has 5 heteroatoms. The quantitative estimate of drug-likeness (QED) is 0.828. The molecule has 1 saturated carbocycles. The molecule has 1 unspecified atom stereocenters. The lowest BCUT2D eigenvalue weighted by molar-refractivity contribution is -0.143. The molecule has 0 saturated heterocycles. The van der Waals surface area contributed by atoms with E-state index in [4.69, 9.17) is 5.11 Å². The van der Waals surface area contributed by atoms with Crippen LogP contribution in [0.2, 0.25) is 0 Å². The van der Waals surface area contributed by atoms with Gasteiger partial charge >= 0.3 is 5.97 Å². The Morgan fingerprint density at radius 3 is 2.53 bits per heavy atom. The van der Waals surface area contributed by atoms with E-state index in [1.807, 2.05) is 0 Å². The summed E-state index contributed by atoms with van der Waals surface area (Å²) in [6.45, 7) is 0. The van der Waals surface area contributed by atoms with E-state index in [0.717, 1.165) is 12.8 Å². The van der Waals surface area contributed by atoms with Crippen LogP contribution in [0.1, 0.15) is 37.5 Å². The molecule has 0 aromatic carbocycles. The number of rotatable bonds is 3. The van der Waals surface area contributed by atoms with E-state index in [1.165, 1.54) is 0 Å². The van der Waals surface area contributed by atoms with Crippen LogP contribution in [0.3, 0.4) is 0 Å². The Labute approximate surface area is 99.5 Å². The lowest BCUT2D eigenvalue weighted by Gasteiger charge is -2.29. The number of nitrogens with zero attached hydrogens (tertiary/aromatic N) is 2. The normalized spacial score (nSPS) is 26.4. The molecule has 1 atom stereocenters. The summed E-state index contributed by atoms with van der Waals surface area (Å²) in [5, 5.41) is 19.0. The molecule has 0 aliphatic heterocycles. The van der Waals surface area contributed by atoms with Gasteiger partial charge in [-0.25, -0.2) is 0 Å². The maximum absolute atomic E-state index is 10.8. The zero-order valence-electron chi connectivity index (χ0n) is 9.49. The molecule has 0 radical (unpaired) electrons. The van der Waals surface area contributed by atoms with Gasteiger partial charge in [0.25, 0.3) is 0 Å². The topological polar surface area (TPSA) is 83.3 Å². The maximum Gasteiger partial charge on any atom is 0.306 e. The molecule has 2 rings (SSSR count). The zero-order valence-corrected chi connectivity index (χ0v) is 9.49. The van der Waals surface area contributed by atoms with E-state index in [0.29, 0.717) is 18.5 Å². The van der Waals surface area contributed by atoms with Crippen molar-refractivity contribution in [1.29, 1.82) is 0 Å². The van der Waals surface area contributed by atoms with Crippen LogP contribution in [0.15, 0.2) is 18.6 Å². The van der Waals surface area contributed by atoms with Crippen molar-refractivity contribution < 1.29 is 15.0 Å². The standard InChI is InChI=1S/C12H16N2O3/c15-11(10-7-13-5-6-14-10)8-1-3-9(4-2-8)12(16)17/h5-9,11,15H,1-4H2,(H,16,17). The first-order chi connectivity index (χ1) is 8.18. The smallest absolute Gasteiger partial charge is 0.306 e. The molecule has 0 spiro atoms. The lowest BCUT2D eigenvalue weighted by atomic mass is 9.79. The molecule has 1 aromatic heterocycles. The third kappa shape index (κ3) is 2.79. The molecule has 17 heavy (non-hydrogen) atoms. The average molecular weight is 236 g/mol. The van der Waals surface area contributed by atoms with Crippen molar-refractivity contribution in [3.63, 3.8) is 0 Å². The predicted molar refractivity (Wildman–Crippen MR) is 60.1 cm³/mol. The fourth-order valence-corrected chi connectivity index (χ4v) is 2.39. The van der Waals surface area contributed by atoms with E-state index in [-0.39, 0.29) is 11.8 Å². The highest BCUT2D eigenvalue weighted by atomic mass is 16.4. The molecule has 1 aromatic rings. The van der Waals surface area contributed by atoms with Gasteiger partial charge in [-0.2, -0.15) is 0 Å². The second-order valence-corrected chi connectivity index (χ2v) is 4.53. The fourth-order valence-electron chi connectivity index (χ4n) is 2.39. The summed E-state index contributed by atoms with van der Waals surface area (Å²) in [6.07, 6.45) is 6.80. The maximum atomic E-state index is 10.8. The molecular formula is C12H16N2O3. The van der Waals surface area contributed by atoms with E-state index < -0.39 is 12.1 Å². The van der Waals surface area contributed by atoms with Crippen molar-refractivity contribution in [3.05, 3.63) is 24.3 Å². The Morgan fingerprint density at radius 2 is 2.00 bits per heavy atom. The van der Waals surface area contributed by atoms with Gasteiger partial charge in [-0.1, -0.05) is 0 Å². The summed E-state index contributed by atoms with van der Waals surface area (Å²) >= 11 is 0. The third-order valence-corrected chi connectivity index (χ3v) is 3.45. The first kappa shape index (κ1) is 12.0. The Bertz CT molecular complexity index is 375.